The van der Waals surface area contributed by atoms with Gasteiger partial charge in [-0.1, -0.05) is 19.8 Å². The van der Waals surface area contributed by atoms with Crippen molar-refractivity contribution in [1.29, 1.82) is 0 Å². The number of hydrogen-bond donors (Lipinski definition) is 0. The van der Waals surface area contributed by atoms with E-state index in [9.17, 15) is 0 Å². The van der Waals surface area contributed by atoms with E-state index in [-0.39, 0.29) is 5.60 Å². The highest BCUT2D eigenvalue weighted by Gasteiger charge is 2.25. The van der Waals surface area contributed by atoms with Crippen LogP contribution in [0.3, 0.4) is 0 Å². The zero-order valence-electron chi connectivity index (χ0n) is 16.0. The minimum absolute atomic E-state index is 0.0588. The molecule has 0 radical (unpaired) electrons. The summed E-state index contributed by atoms with van der Waals surface area (Å²) in [6.45, 7) is 13.4. The monoisotopic (exact) mass is 316 g/mol. The van der Waals surface area contributed by atoms with Crippen LogP contribution in [0.1, 0.15) is 79.6 Å². The van der Waals surface area contributed by atoms with Crippen LogP contribution in [0.5, 0.6) is 0 Å². The Labute approximate surface area is 139 Å². The molecule has 0 amide bonds. The van der Waals surface area contributed by atoms with Crippen molar-refractivity contribution in [2.45, 2.75) is 91.3 Å². The highest BCUT2D eigenvalue weighted by Crippen LogP contribution is 2.27. The van der Waals surface area contributed by atoms with E-state index >= 15 is 0 Å². The van der Waals surface area contributed by atoms with Gasteiger partial charge < -0.3 is 14.2 Å². The summed E-state index contributed by atoms with van der Waals surface area (Å²) in [5.74, 6) is 0.655. The predicted molar refractivity (Wildman–Crippen MR) is 94.5 cm³/mol. The van der Waals surface area contributed by atoms with Crippen LogP contribution in [0.4, 0.5) is 0 Å². The van der Waals surface area contributed by atoms with Crippen molar-refractivity contribution in [2.24, 2.45) is 5.92 Å². The summed E-state index contributed by atoms with van der Waals surface area (Å²) in [5, 5.41) is 0. The molecule has 0 aromatic heterocycles. The number of hydrogen-bond acceptors (Lipinski definition) is 3. The van der Waals surface area contributed by atoms with Gasteiger partial charge >= 0.3 is 0 Å². The van der Waals surface area contributed by atoms with Crippen molar-refractivity contribution in [3.63, 3.8) is 0 Å². The molecule has 0 rings (SSSR count). The molecule has 2 atom stereocenters. The van der Waals surface area contributed by atoms with Gasteiger partial charge in [-0.15, -0.1) is 0 Å². The fraction of sp³-hybridized carbons (Fsp3) is 1.00. The van der Waals surface area contributed by atoms with E-state index in [0.717, 1.165) is 39.1 Å². The standard InChI is InChI=1S/C19H40O3/c1-7-18(22-19(3,4)5)17(13-9-11-15-20-6)14-10-12-16-21-8-2/h17-18H,7-16H2,1-6H3. The first-order valence-electron chi connectivity index (χ1n) is 9.19. The van der Waals surface area contributed by atoms with Gasteiger partial charge in [0.25, 0.3) is 0 Å². The van der Waals surface area contributed by atoms with Crippen molar-refractivity contribution in [2.75, 3.05) is 26.9 Å². The molecule has 0 saturated carbocycles. The van der Waals surface area contributed by atoms with Crippen LogP contribution in [0.25, 0.3) is 0 Å². The Morgan fingerprint density at radius 1 is 0.864 bits per heavy atom. The molecule has 0 aliphatic carbocycles. The maximum absolute atomic E-state index is 6.32. The lowest BCUT2D eigenvalue weighted by atomic mass is 9.88. The third-order valence-corrected chi connectivity index (χ3v) is 3.92. The lowest BCUT2D eigenvalue weighted by Crippen LogP contribution is -2.32. The molecule has 0 aliphatic rings. The summed E-state index contributed by atoms with van der Waals surface area (Å²) in [7, 11) is 1.78. The molecule has 0 aromatic carbocycles. The summed E-state index contributed by atoms with van der Waals surface area (Å²) in [6.07, 6.45) is 8.73. The number of unbranched alkanes of at least 4 members (excludes halogenated alkanes) is 2. The summed E-state index contributed by atoms with van der Waals surface area (Å²) in [4.78, 5) is 0. The van der Waals surface area contributed by atoms with E-state index in [0.29, 0.717) is 12.0 Å². The third kappa shape index (κ3) is 12.4. The second-order valence-corrected chi connectivity index (χ2v) is 7.12. The molecule has 0 heterocycles. The van der Waals surface area contributed by atoms with E-state index in [1.807, 2.05) is 0 Å². The fourth-order valence-corrected chi connectivity index (χ4v) is 2.89. The lowest BCUT2D eigenvalue weighted by molar-refractivity contribution is -0.0900. The molecule has 0 saturated heterocycles. The van der Waals surface area contributed by atoms with Gasteiger partial charge in [0, 0.05) is 26.9 Å². The molecular formula is C19H40O3. The summed E-state index contributed by atoms with van der Waals surface area (Å²) in [6, 6.07) is 0. The van der Waals surface area contributed by atoms with Crippen molar-refractivity contribution in [3.05, 3.63) is 0 Å². The van der Waals surface area contributed by atoms with Gasteiger partial charge in [-0.05, 0) is 65.7 Å². The minimum Gasteiger partial charge on any atom is -0.385 e. The predicted octanol–water partition coefficient (Wildman–Crippen LogP) is 5.22. The van der Waals surface area contributed by atoms with E-state index in [1.54, 1.807) is 7.11 Å². The van der Waals surface area contributed by atoms with Crippen LogP contribution in [-0.4, -0.2) is 38.6 Å². The smallest absolute Gasteiger partial charge is 0.0607 e. The molecule has 0 spiro atoms. The Morgan fingerprint density at radius 2 is 1.45 bits per heavy atom. The zero-order chi connectivity index (χ0) is 16.8. The van der Waals surface area contributed by atoms with Gasteiger partial charge in [-0.25, -0.2) is 0 Å². The van der Waals surface area contributed by atoms with Gasteiger partial charge in [-0.2, -0.15) is 0 Å². The highest BCUT2D eigenvalue weighted by atomic mass is 16.5. The maximum atomic E-state index is 6.32. The van der Waals surface area contributed by atoms with Crippen LogP contribution < -0.4 is 0 Å². The SMILES string of the molecule is CCOCCCCC(CCCCOC)C(CC)OC(C)(C)C. The average Bonchev–Trinajstić information content (AvgIpc) is 2.46. The largest absolute Gasteiger partial charge is 0.385 e. The molecule has 22 heavy (non-hydrogen) atoms. The molecular weight excluding hydrogens is 276 g/mol. The van der Waals surface area contributed by atoms with Crippen LogP contribution in [0, 0.1) is 5.92 Å². The first-order chi connectivity index (χ1) is 10.4. The molecule has 0 N–H and O–H groups in total. The quantitative estimate of drug-likeness (QED) is 0.411. The molecule has 0 aromatic rings. The van der Waals surface area contributed by atoms with Crippen LogP contribution in [0.2, 0.25) is 0 Å². The lowest BCUT2D eigenvalue weighted by Gasteiger charge is -2.33. The summed E-state index contributed by atoms with van der Waals surface area (Å²) >= 11 is 0. The van der Waals surface area contributed by atoms with Crippen LogP contribution in [-0.2, 0) is 14.2 Å². The first kappa shape index (κ1) is 21.9. The van der Waals surface area contributed by atoms with Gasteiger partial charge in [0.15, 0.2) is 0 Å². The minimum atomic E-state index is -0.0588. The Balaban J connectivity index is 4.33. The van der Waals surface area contributed by atoms with E-state index in [1.165, 1.54) is 25.7 Å². The highest BCUT2D eigenvalue weighted by molar-refractivity contribution is 4.74. The normalized spacial score (nSPS) is 15.0. The second-order valence-electron chi connectivity index (χ2n) is 7.12. The molecule has 0 bridgehead atoms. The Kier molecular flexibility index (Phi) is 13.3. The van der Waals surface area contributed by atoms with Crippen molar-refractivity contribution >= 4 is 0 Å². The molecule has 0 fully saturated rings. The topological polar surface area (TPSA) is 27.7 Å². The zero-order valence-corrected chi connectivity index (χ0v) is 16.0. The fourth-order valence-electron chi connectivity index (χ4n) is 2.89. The number of ether oxygens (including phenoxy) is 3. The summed E-state index contributed by atoms with van der Waals surface area (Å²) in [5.41, 5.74) is -0.0588. The van der Waals surface area contributed by atoms with Crippen molar-refractivity contribution < 1.29 is 14.2 Å². The van der Waals surface area contributed by atoms with Crippen molar-refractivity contribution in [1.82, 2.24) is 0 Å². The van der Waals surface area contributed by atoms with E-state index < -0.39 is 0 Å². The van der Waals surface area contributed by atoms with Gasteiger partial charge in [0.1, 0.15) is 0 Å². The van der Waals surface area contributed by atoms with Gasteiger partial charge in [-0.3, -0.25) is 0 Å². The number of methoxy groups -OCH3 is 1. The first-order valence-corrected chi connectivity index (χ1v) is 9.19. The van der Waals surface area contributed by atoms with E-state index in [4.69, 9.17) is 14.2 Å². The van der Waals surface area contributed by atoms with Crippen LogP contribution in [0.15, 0.2) is 0 Å². The summed E-state index contributed by atoms with van der Waals surface area (Å²) < 4.78 is 16.9. The molecule has 3 nitrogen and oxygen atoms in total. The Morgan fingerprint density at radius 3 is 1.91 bits per heavy atom. The molecule has 3 heteroatoms. The molecule has 0 aliphatic heterocycles. The van der Waals surface area contributed by atoms with Crippen molar-refractivity contribution in [3.8, 4) is 0 Å². The van der Waals surface area contributed by atoms with Gasteiger partial charge in [0.2, 0.25) is 0 Å². The number of rotatable bonds is 14. The third-order valence-electron chi connectivity index (χ3n) is 3.92. The Hall–Kier alpha value is -0.120. The Bertz CT molecular complexity index is 235. The average molecular weight is 317 g/mol. The van der Waals surface area contributed by atoms with Gasteiger partial charge in [0.05, 0.1) is 11.7 Å². The maximum Gasteiger partial charge on any atom is 0.0607 e. The molecule has 134 valence electrons. The molecule has 2 unspecified atom stereocenters. The second kappa shape index (κ2) is 13.3. The van der Waals surface area contributed by atoms with E-state index in [2.05, 4.69) is 34.6 Å². The van der Waals surface area contributed by atoms with Crippen LogP contribution >= 0.6 is 0 Å².